The van der Waals surface area contributed by atoms with Gasteiger partial charge in [0.25, 0.3) is 5.91 Å². The first-order chi connectivity index (χ1) is 22.9. The summed E-state index contributed by atoms with van der Waals surface area (Å²) in [4.78, 5) is 40.4. The number of nitrogens with zero attached hydrogens (tertiary/aromatic N) is 1. The fourth-order valence-corrected chi connectivity index (χ4v) is 5.84. The van der Waals surface area contributed by atoms with Crippen LogP contribution in [-0.2, 0) is 22.3 Å². The Morgan fingerprint density at radius 3 is 2.40 bits per heavy atom. The van der Waals surface area contributed by atoms with E-state index in [1.54, 1.807) is 65.6 Å². The number of aryl methyl sites for hydroxylation is 1. The molecule has 10 heteroatoms. The van der Waals surface area contributed by atoms with Crippen LogP contribution in [0, 0.1) is 0 Å². The summed E-state index contributed by atoms with van der Waals surface area (Å²) in [6.45, 7) is 5.46. The summed E-state index contributed by atoms with van der Waals surface area (Å²) in [7, 11) is 1.28. The van der Waals surface area contributed by atoms with Gasteiger partial charge in [0, 0.05) is 28.4 Å². The van der Waals surface area contributed by atoms with E-state index >= 15 is 0 Å². The maximum atomic E-state index is 13.5. The van der Waals surface area contributed by atoms with Crippen molar-refractivity contribution in [3.05, 3.63) is 124 Å². The fourth-order valence-electron chi connectivity index (χ4n) is 5.64. The zero-order valence-corrected chi connectivity index (χ0v) is 28.1. The number of aliphatic hydroxyl groups excluding tert-OH is 1. The lowest BCUT2D eigenvalue weighted by molar-refractivity contribution is 0.00194. The van der Waals surface area contributed by atoms with Crippen LogP contribution in [-0.4, -0.2) is 53.3 Å². The Bertz CT molecular complexity index is 1790. The number of hydrogen-bond donors (Lipinski definition) is 2. The highest BCUT2D eigenvalue weighted by Crippen LogP contribution is 2.33. The number of hydrogen-bond acceptors (Lipinski definition) is 7. The summed E-state index contributed by atoms with van der Waals surface area (Å²) in [5.41, 5.74) is 3.04. The molecule has 0 radical (unpaired) electrons. The Morgan fingerprint density at radius 1 is 0.917 bits per heavy atom. The molecule has 0 fully saturated rings. The second kappa shape index (κ2) is 14.9. The number of halogens is 1. The molecule has 250 valence electrons. The number of methoxy groups -OCH3 is 1. The molecule has 0 aromatic heterocycles. The summed E-state index contributed by atoms with van der Waals surface area (Å²) in [6, 6.07) is 25.9. The summed E-state index contributed by atoms with van der Waals surface area (Å²) in [5.74, 6) is -0.0716. The average molecular weight is 671 g/mol. The van der Waals surface area contributed by atoms with Gasteiger partial charge in [-0.3, -0.25) is 4.79 Å². The number of carbonyl (C=O) groups excluding carboxylic acids is 3. The molecule has 0 saturated carbocycles. The molecule has 9 nitrogen and oxygen atoms in total. The molecule has 48 heavy (non-hydrogen) atoms. The van der Waals surface area contributed by atoms with E-state index in [1.165, 1.54) is 13.2 Å². The Hall–Kier alpha value is -4.86. The third-order valence-corrected chi connectivity index (χ3v) is 8.14. The highest BCUT2D eigenvalue weighted by Gasteiger charge is 2.33. The van der Waals surface area contributed by atoms with Crippen molar-refractivity contribution in [1.82, 2.24) is 4.90 Å². The highest BCUT2D eigenvalue weighted by atomic mass is 35.5. The molecule has 0 aliphatic heterocycles. The van der Waals surface area contributed by atoms with Gasteiger partial charge in [-0.15, -0.1) is 0 Å². The summed E-state index contributed by atoms with van der Waals surface area (Å²) in [6.07, 6.45) is 0.426. The Morgan fingerprint density at radius 2 is 1.69 bits per heavy atom. The lowest BCUT2D eigenvalue weighted by atomic mass is 9.87. The lowest BCUT2D eigenvalue weighted by Crippen LogP contribution is -2.47. The van der Waals surface area contributed by atoms with E-state index in [0.717, 1.165) is 11.1 Å². The molecule has 0 saturated heterocycles. The molecule has 5 rings (SSSR count). The van der Waals surface area contributed by atoms with Crippen molar-refractivity contribution in [1.29, 1.82) is 0 Å². The number of nitrogens with one attached hydrogen (secondary N) is 1. The van der Waals surface area contributed by atoms with Crippen molar-refractivity contribution in [3.63, 3.8) is 0 Å². The zero-order valence-electron chi connectivity index (χ0n) is 27.4. The molecule has 0 unspecified atom stereocenters. The first kappa shape index (κ1) is 34.5. The van der Waals surface area contributed by atoms with Gasteiger partial charge in [-0.1, -0.05) is 48.0 Å². The van der Waals surface area contributed by atoms with Crippen molar-refractivity contribution >= 4 is 35.3 Å². The molecule has 4 aromatic carbocycles. The van der Waals surface area contributed by atoms with Crippen LogP contribution in [0.5, 0.6) is 11.5 Å². The Kier molecular flexibility index (Phi) is 10.7. The van der Waals surface area contributed by atoms with Gasteiger partial charge in [0.15, 0.2) is 0 Å². The number of benzene rings is 4. The minimum absolute atomic E-state index is 0.0310. The third-order valence-electron chi connectivity index (χ3n) is 7.91. The number of carbonyl (C=O) groups is 3. The van der Waals surface area contributed by atoms with Gasteiger partial charge in [-0.2, -0.15) is 0 Å². The van der Waals surface area contributed by atoms with Crippen LogP contribution < -0.4 is 10.1 Å². The van der Waals surface area contributed by atoms with Gasteiger partial charge in [0.05, 0.1) is 25.3 Å². The van der Waals surface area contributed by atoms with E-state index in [1.807, 2.05) is 45.0 Å². The Balaban J connectivity index is 1.38. The molecule has 2 N–H and O–H groups in total. The number of anilines is 1. The molecule has 4 aromatic rings. The summed E-state index contributed by atoms with van der Waals surface area (Å²) < 4.78 is 16.9. The number of fused-ring (bicyclic) bond motifs is 1. The van der Waals surface area contributed by atoms with E-state index in [0.29, 0.717) is 52.6 Å². The normalized spacial score (nSPS) is 14.7. The van der Waals surface area contributed by atoms with Crippen LogP contribution in [0.15, 0.2) is 91.0 Å². The van der Waals surface area contributed by atoms with Crippen molar-refractivity contribution in [2.24, 2.45) is 0 Å². The molecule has 0 spiro atoms. The molecule has 2 atom stereocenters. The molecule has 1 aliphatic carbocycles. The minimum atomic E-state index is -0.967. The van der Waals surface area contributed by atoms with Gasteiger partial charge in [-0.25, -0.2) is 9.59 Å². The molecule has 2 amide bonds. The van der Waals surface area contributed by atoms with Crippen LogP contribution in [0.4, 0.5) is 10.5 Å². The van der Waals surface area contributed by atoms with Crippen LogP contribution >= 0.6 is 11.6 Å². The van der Waals surface area contributed by atoms with E-state index in [4.69, 9.17) is 25.8 Å². The van der Waals surface area contributed by atoms with Gasteiger partial charge in [-0.05, 0) is 105 Å². The topological polar surface area (TPSA) is 114 Å². The van der Waals surface area contributed by atoms with Gasteiger partial charge >= 0.3 is 12.1 Å². The number of esters is 1. The fraction of sp³-hybridized carbons (Fsp3) is 0.289. The minimum Gasteiger partial charge on any atom is -0.465 e. The van der Waals surface area contributed by atoms with Gasteiger partial charge in [0.2, 0.25) is 0 Å². The van der Waals surface area contributed by atoms with Crippen LogP contribution in [0.2, 0.25) is 5.02 Å². The molecular formula is C38H39ClN2O7. The maximum absolute atomic E-state index is 13.5. The third kappa shape index (κ3) is 8.93. The molecule has 0 bridgehead atoms. The largest absolute Gasteiger partial charge is 0.465 e. The second-order valence-electron chi connectivity index (χ2n) is 12.7. The standard InChI is InChI=1S/C38H39ClN2O7/c1-38(2,3)48-37(45)41(23-34(42)26-11-8-12-29(39)17-26)31-15-13-24-14-16-32(20-27(24)19-31)47-33-21-28(36(44)46-4)18-30(22-33)40-35(43)25-9-6-5-7-10-25/h5-12,14,16-18,20-22,31,34,42H,13,15,19,23H2,1-4H3,(H,40,43)/t31-,34+/m0/s1. The smallest absolute Gasteiger partial charge is 0.410 e. The zero-order chi connectivity index (χ0) is 34.4. The predicted molar refractivity (Wildman–Crippen MR) is 184 cm³/mol. The number of amides is 2. The van der Waals surface area contributed by atoms with E-state index in [2.05, 4.69) is 5.32 Å². The van der Waals surface area contributed by atoms with Crippen LogP contribution in [0.3, 0.4) is 0 Å². The number of ether oxygens (including phenoxy) is 3. The maximum Gasteiger partial charge on any atom is 0.410 e. The molecular weight excluding hydrogens is 632 g/mol. The van der Waals surface area contributed by atoms with Gasteiger partial charge < -0.3 is 29.5 Å². The Labute approximate surface area is 285 Å². The van der Waals surface area contributed by atoms with E-state index in [9.17, 15) is 19.5 Å². The van der Waals surface area contributed by atoms with E-state index < -0.39 is 23.8 Å². The molecule has 1 aliphatic rings. The van der Waals surface area contributed by atoms with Crippen LogP contribution in [0.25, 0.3) is 0 Å². The second-order valence-corrected chi connectivity index (χ2v) is 13.1. The summed E-state index contributed by atoms with van der Waals surface area (Å²) >= 11 is 6.17. The van der Waals surface area contributed by atoms with Crippen molar-refractivity contribution < 1.29 is 33.7 Å². The number of aliphatic hydroxyl groups is 1. The quantitative estimate of drug-likeness (QED) is 0.173. The number of rotatable bonds is 9. The molecule has 0 heterocycles. The van der Waals surface area contributed by atoms with Crippen LogP contribution in [0.1, 0.15) is 70.7 Å². The van der Waals surface area contributed by atoms with Crippen molar-refractivity contribution in [3.8, 4) is 11.5 Å². The monoisotopic (exact) mass is 670 g/mol. The SMILES string of the molecule is COC(=O)c1cc(NC(=O)c2ccccc2)cc(Oc2ccc3c(c2)C[C@@H](N(C[C@@H](O)c2cccc(Cl)c2)C(=O)OC(C)(C)C)CC3)c1. The predicted octanol–water partition coefficient (Wildman–Crippen LogP) is 8.00. The highest BCUT2D eigenvalue weighted by molar-refractivity contribution is 6.30. The summed E-state index contributed by atoms with van der Waals surface area (Å²) in [5, 5.41) is 14.5. The van der Waals surface area contributed by atoms with Crippen molar-refractivity contribution in [2.75, 3.05) is 19.0 Å². The first-order valence-electron chi connectivity index (χ1n) is 15.7. The van der Waals surface area contributed by atoms with E-state index in [-0.39, 0.29) is 24.1 Å². The van der Waals surface area contributed by atoms with Gasteiger partial charge in [0.1, 0.15) is 17.1 Å². The first-order valence-corrected chi connectivity index (χ1v) is 16.1. The lowest BCUT2D eigenvalue weighted by Gasteiger charge is -2.37. The van der Waals surface area contributed by atoms with Crippen molar-refractivity contribution in [2.45, 2.75) is 57.8 Å². The average Bonchev–Trinajstić information content (AvgIpc) is 3.05.